The largest absolute Gasteiger partial charge is 0.394 e. The number of anilines is 1. The van der Waals surface area contributed by atoms with Gasteiger partial charge in [0.15, 0.2) is 5.82 Å². The highest BCUT2D eigenvalue weighted by atomic mass is 35.5. The highest BCUT2D eigenvalue weighted by Gasteiger charge is 2.22. The average molecular weight is 427 g/mol. The zero-order chi connectivity index (χ0) is 21.1. The summed E-state index contributed by atoms with van der Waals surface area (Å²) in [7, 11) is 0. The zero-order valence-electron chi connectivity index (χ0n) is 16.0. The van der Waals surface area contributed by atoms with Crippen LogP contribution < -0.4 is 10.6 Å². The topological polar surface area (TPSA) is 87.1 Å². The molecule has 1 aliphatic carbocycles. The van der Waals surface area contributed by atoms with Crippen molar-refractivity contribution in [3.8, 4) is 11.3 Å². The van der Waals surface area contributed by atoms with Crippen molar-refractivity contribution in [2.75, 3.05) is 11.9 Å². The first-order chi connectivity index (χ1) is 14.5. The number of nitrogens with zero attached hydrogens (tertiary/aromatic N) is 2. The Balaban J connectivity index is 1.49. The molecule has 2 aromatic carbocycles. The van der Waals surface area contributed by atoms with E-state index in [0.717, 1.165) is 19.0 Å². The lowest BCUT2D eigenvalue weighted by Gasteiger charge is -2.17. The summed E-state index contributed by atoms with van der Waals surface area (Å²) in [6.07, 6.45) is 3.26. The molecule has 0 aliphatic heterocycles. The van der Waals surface area contributed by atoms with Crippen molar-refractivity contribution >= 4 is 23.5 Å². The van der Waals surface area contributed by atoms with E-state index in [9.17, 15) is 14.3 Å². The summed E-state index contributed by atoms with van der Waals surface area (Å²) < 4.78 is 14.2. The Morgan fingerprint density at radius 1 is 1.23 bits per heavy atom. The average Bonchev–Trinajstić information content (AvgIpc) is 3.57. The van der Waals surface area contributed by atoms with Crippen molar-refractivity contribution < 1.29 is 14.3 Å². The number of hydrogen-bond acceptors (Lipinski definition) is 5. The van der Waals surface area contributed by atoms with Crippen molar-refractivity contribution in [2.45, 2.75) is 24.9 Å². The molecule has 0 radical (unpaired) electrons. The van der Waals surface area contributed by atoms with Gasteiger partial charge in [-0.3, -0.25) is 4.79 Å². The molecule has 4 rings (SSSR count). The highest BCUT2D eigenvalue weighted by Crippen LogP contribution is 2.26. The van der Waals surface area contributed by atoms with Crippen molar-refractivity contribution in [1.82, 2.24) is 15.3 Å². The van der Waals surface area contributed by atoms with E-state index in [1.807, 2.05) is 0 Å². The Bertz CT molecular complexity index is 1060. The molecule has 8 heteroatoms. The van der Waals surface area contributed by atoms with E-state index in [1.54, 1.807) is 48.5 Å². The predicted octanol–water partition coefficient (Wildman–Crippen LogP) is 3.97. The van der Waals surface area contributed by atoms with Gasteiger partial charge in [0.25, 0.3) is 5.91 Å². The van der Waals surface area contributed by atoms with Crippen LogP contribution in [-0.4, -0.2) is 33.6 Å². The van der Waals surface area contributed by atoms with E-state index >= 15 is 0 Å². The Morgan fingerprint density at radius 3 is 2.67 bits per heavy atom. The molecule has 30 heavy (non-hydrogen) atoms. The summed E-state index contributed by atoms with van der Waals surface area (Å²) >= 11 is 5.99. The van der Waals surface area contributed by atoms with Crippen LogP contribution in [0.3, 0.4) is 0 Å². The highest BCUT2D eigenvalue weighted by molar-refractivity contribution is 6.30. The van der Waals surface area contributed by atoms with Gasteiger partial charge in [-0.2, -0.15) is 0 Å². The van der Waals surface area contributed by atoms with Crippen LogP contribution in [0, 0.1) is 5.82 Å². The summed E-state index contributed by atoms with van der Waals surface area (Å²) in [5.41, 5.74) is 1.80. The number of aliphatic hydroxyl groups excluding tert-OH is 1. The first-order valence-corrected chi connectivity index (χ1v) is 9.98. The summed E-state index contributed by atoms with van der Waals surface area (Å²) in [6.45, 7) is -0.271. The lowest BCUT2D eigenvalue weighted by atomic mass is 10.1. The Kier molecular flexibility index (Phi) is 5.92. The molecular weight excluding hydrogens is 407 g/mol. The number of aromatic nitrogens is 2. The van der Waals surface area contributed by atoms with E-state index in [-0.39, 0.29) is 18.2 Å². The van der Waals surface area contributed by atoms with Crippen LogP contribution in [0.15, 0.2) is 54.7 Å². The standard InChI is InChI=1S/C22H20ClFN4O2/c23-16-3-1-2-15(10-16)19(12-29)27-21(30)14-6-4-13(5-7-14)20-18(24)11-25-22(28-20)26-17-8-9-17/h1-7,10-11,17,19,29H,8-9,12H2,(H,27,30)(H,25,26,28). The van der Waals surface area contributed by atoms with E-state index < -0.39 is 11.9 Å². The van der Waals surface area contributed by atoms with Gasteiger partial charge in [0.2, 0.25) is 5.95 Å². The van der Waals surface area contributed by atoms with Crippen LogP contribution in [0.25, 0.3) is 11.3 Å². The molecule has 1 aromatic heterocycles. The van der Waals surface area contributed by atoms with Crippen LogP contribution in [0.4, 0.5) is 10.3 Å². The lowest BCUT2D eigenvalue weighted by molar-refractivity contribution is 0.0916. The summed E-state index contributed by atoms with van der Waals surface area (Å²) in [4.78, 5) is 20.8. The number of aliphatic hydroxyl groups is 1. The monoisotopic (exact) mass is 426 g/mol. The van der Waals surface area contributed by atoms with E-state index in [1.165, 1.54) is 0 Å². The van der Waals surface area contributed by atoms with Gasteiger partial charge in [0.05, 0.1) is 18.8 Å². The van der Waals surface area contributed by atoms with Gasteiger partial charge < -0.3 is 15.7 Å². The lowest BCUT2D eigenvalue weighted by Crippen LogP contribution is -2.30. The van der Waals surface area contributed by atoms with Gasteiger partial charge in [0, 0.05) is 22.2 Å². The molecule has 1 aliphatic rings. The third-order valence-corrected chi connectivity index (χ3v) is 5.05. The molecule has 1 unspecified atom stereocenters. The minimum Gasteiger partial charge on any atom is -0.394 e. The molecule has 3 aromatic rings. The molecule has 0 saturated heterocycles. The Labute approximate surface area is 178 Å². The number of nitrogens with one attached hydrogen (secondary N) is 2. The number of halogens is 2. The first kappa shape index (κ1) is 20.3. The fourth-order valence-electron chi connectivity index (χ4n) is 3.03. The van der Waals surface area contributed by atoms with Crippen molar-refractivity contribution in [3.63, 3.8) is 0 Å². The normalized spacial score (nSPS) is 14.2. The molecular formula is C22H20ClFN4O2. The molecule has 3 N–H and O–H groups in total. The number of amides is 1. The van der Waals surface area contributed by atoms with E-state index in [4.69, 9.17) is 11.6 Å². The van der Waals surface area contributed by atoms with Gasteiger partial charge in [-0.1, -0.05) is 35.9 Å². The second-order valence-electron chi connectivity index (χ2n) is 7.15. The predicted molar refractivity (Wildman–Crippen MR) is 113 cm³/mol. The molecule has 1 atom stereocenters. The maximum Gasteiger partial charge on any atom is 0.251 e. The summed E-state index contributed by atoms with van der Waals surface area (Å²) in [6, 6.07) is 13.2. The number of benzene rings is 2. The molecule has 1 heterocycles. The van der Waals surface area contributed by atoms with Gasteiger partial charge in [-0.25, -0.2) is 14.4 Å². The maximum atomic E-state index is 14.2. The third-order valence-electron chi connectivity index (χ3n) is 4.81. The van der Waals surface area contributed by atoms with Gasteiger partial charge in [-0.05, 0) is 42.7 Å². The molecule has 154 valence electrons. The summed E-state index contributed by atoms with van der Waals surface area (Å²) in [5.74, 6) is -0.502. The van der Waals surface area contributed by atoms with Crippen LogP contribution in [0.1, 0.15) is 34.8 Å². The van der Waals surface area contributed by atoms with Crippen LogP contribution in [0.5, 0.6) is 0 Å². The third kappa shape index (κ3) is 4.75. The number of hydrogen-bond donors (Lipinski definition) is 3. The van der Waals surface area contributed by atoms with Crippen LogP contribution in [-0.2, 0) is 0 Å². The Morgan fingerprint density at radius 2 is 2.00 bits per heavy atom. The van der Waals surface area contributed by atoms with Gasteiger partial charge in [-0.15, -0.1) is 0 Å². The molecule has 6 nitrogen and oxygen atoms in total. The molecule has 1 amide bonds. The second-order valence-corrected chi connectivity index (χ2v) is 7.59. The molecule has 0 spiro atoms. The number of carbonyl (C=O) groups excluding carboxylic acids is 1. The first-order valence-electron chi connectivity index (χ1n) is 9.60. The minimum atomic E-state index is -0.591. The molecule has 0 bridgehead atoms. The van der Waals surface area contributed by atoms with Crippen molar-refractivity contribution in [2.24, 2.45) is 0 Å². The molecule has 1 fully saturated rings. The smallest absolute Gasteiger partial charge is 0.251 e. The summed E-state index contributed by atoms with van der Waals surface area (Å²) in [5, 5.41) is 16.1. The SMILES string of the molecule is O=C(NC(CO)c1cccc(Cl)c1)c1ccc(-c2nc(NC3CC3)ncc2F)cc1. The van der Waals surface area contributed by atoms with E-state index in [0.29, 0.717) is 33.7 Å². The minimum absolute atomic E-state index is 0.173. The van der Waals surface area contributed by atoms with Crippen LogP contribution in [0.2, 0.25) is 5.02 Å². The van der Waals surface area contributed by atoms with Crippen molar-refractivity contribution in [1.29, 1.82) is 0 Å². The Hall–Kier alpha value is -3.03. The fraction of sp³-hybridized carbons (Fsp3) is 0.227. The number of carbonyl (C=O) groups is 1. The van der Waals surface area contributed by atoms with Crippen LogP contribution >= 0.6 is 11.6 Å². The van der Waals surface area contributed by atoms with Gasteiger partial charge in [0.1, 0.15) is 5.69 Å². The fourth-order valence-corrected chi connectivity index (χ4v) is 3.23. The zero-order valence-corrected chi connectivity index (χ0v) is 16.7. The van der Waals surface area contributed by atoms with Gasteiger partial charge >= 0.3 is 0 Å². The van der Waals surface area contributed by atoms with E-state index in [2.05, 4.69) is 20.6 Å². The quantitative estimate of drug-likeness (QED) is 0.532. The number of rotatable bonds is 7. The van der Waals surface area contributed by atoms with Crippen molar-refractivity contribution in [3.05, 3.63) is 76.7 Å². The molecule has 1 saturated carbocycles. The maximum absolute atomic E-state index is 14.2. The second kappa shape index (κ2) is 8.77.